The molecule has 1 saturated heterocycles. The zero-order valence-electron chi connectivity index (χ0n) is 12.4. The summed E-state index contributed by atoms with van der Waals surface area (Å²) in [4.78, 5) is 14.6. The highest BCUT2D eigenvalue weighted by Crippen LogP contribution is 2.22. The summed E-state index contributed by atoms with van der Waals surface area (Å²) < 4.78 is 0. The summed E-state index contributed by atoms with van der Waals surface area (Å²) in [7, 11) is 0. The number of nitrogens with zero attached hydrogens (tertiary/aromatic N) is 1. The Morgan fingerprint density at radius 1 is 1.50 bits per heavy atom. The third-order valence-electron chi connectivity index (χ3n) is 4.32. The molecule has 1 fully saturated rings. The Bertz CT molecular complexity index is 461. The molecule has 1 aliphatic heterocycles. The van der Waals surface area contributed by atoms with E-state index < -0.39 is 0 Å². The van der Waals surface area contributed by atoms with Crippen LogP contribution < -0.4 is 11.1 Å². The molecule has 0 radical (unpaired) electrons. The third kappa shape index (κ3) is 3.38. The third-order valence-corrected chi connectivity index (χ3v) is 4.32. The van der Waals surface area contributed by atoms with Gasteiger partial charge in [-0.3, -0.25) is 9.69 Å². The number of carbonyl (C=O) groups excluding carboxylic acids is 1. The van der Waals surface area contributed by atoms with E-state index >= 15 is 0 Å². The number of nitrogens with two attached hydrogens (primary N) is 1. The summed E-state index contributed by atoms with van der Waals surface area (Å²) in [6, 6.07) is 7.63. The average molecular weight is 275 g/mol. The van der Waals surface area contributed by atoms with E-state index in [2.05, 4.69) is 17.1 Å². The molecule has 2 unspecified atom stereocenters. The summed E-state index contributed by atoms with van der Waals surface area (Å²) in [6.45, 7) is 6.69. The first-order chi connectivity index (χ1) is 9.65. The number of likely N-dealkylation sites (tertiary alicyclic amines) is 1. The molecule has 110 valence electrons. The first kappa shape index (κ1) is 15.0. The first-order valence-corrected chi connectivity index (χ1v) is 7.48. The molecule has 0 bridgehead atoms. The summed E-state index contributed by atoms with van der Waals surface area (Å²) in [6.07, 6.45) is 2.40. The van der Waals surface area contributed by atoms with E-state index in [1.54, 1.807) is 0 Å². The van der Waals surface area contributed by atoms with Gasteiger partial charge in [0.2, 0.25) is 5.91 Å². The topological polar surface area (TPSA) is 58.4 Å². The summed E-state index contributed by atoms with van der Waals surface area (Å²) in [5.74, 6) is 0.796. The second kappa shape index (κ2) is 6.86. The van der Waals surface area contributed by atoms with Gasteiger partial charge in [-0.05, 0) is 37.4 Å². The number of para-hydroxylation sites is 1. The van der Waals surface area contributed by atoms with E-state index in [0.29, 0.717) is 6.54 Å². The molecule has 4 heteroatoms. The zero-order valence-corrected chi connectivity index (χ0v) is 12.4. The van der Waals surface area contributed by atoms with Crippen LogP contribution in [-0.4, -0.2) is 29.9 Å². The Morgan fingerprint density at radius 3 is 2.90 bits per heavy atom. The molecule has 0 saturated carbocycles. The molecule has 0 spiro atoms. The van der Waals surface area contributed by atoms with Gasteiger partial charge in [0, 0.05) is 18.8 Å². The molecular weight excluding hydrogens is 250 g/mol. The first-order valence-electron chi connectivity index (χ1n) is 7.48. The lowest BCUT2D eigenvalue weighted by molar-refractivity contribution is -0.120. The highest BCUT2D eigenvalue weighted by Gasteiger charge is 2.28. The highest BCUT2D eigenvalue weighted by atomic mass is 16.2. The van der Waals surface area contributed by atoms with Crippen molar-refractivity contribution in [3.05, 3.63) is 29.8 Å². The van der Waals surface area contributed by atoms with Crippen molar-refractivity contribution in [1.82, 2.24) is 4.90 Å². The summed E-state index contributed by atoms with van der Waals surface area (Å²) in [5.41, 5.74) is 7.50. The Morgan fingerprint density at radius 2 is 2.25 bits per heavy atom. The van der Waals surface area contributed by atoms with Crippen LogP contribution in [0.5, 0.6) is 0 Å². The van der Waals surface area contributed by atoms with Crippen LogP contribution in [0.15, 0.2) is 24.3 Å². The number of hydrogen-bond acceptors (Lipinski definition) is 3. The van der Waals surface area contributed by atoms with Crippen LogP contribution in [0, 0.1) is 5.92 Å². The molecule has 0 aliphatic carbocycles. The van der Waals surface area contributed by atoms with Gasteiger partial charge in [0.05, 0.1) is 6.04 Å². The summed E-state index contributed by atoms with van der Waals surface area (Å²) in [5, 5.41) is 3.01. The van der Waals surface area contributed by atoms with Gasteiger partial charge in [0.1, 0.15) is 0 Å². The van der Waals surface area contributed by atoms with Crippen LogP contribution >= 0.6 is 0 Å². The number of nitrogens with one attached hydrogen (secondary N) is 1. The van der Waals surface area contributed by atoms with Crippen LogP contribution in [-0.2, 0) is 11.3 Å². The SMILES string of the molecule is CCC1CCN(C(C)C(=O)Nc2ccccc2CN)C1. The van der Waals surface area contributed by atoms with Gasteiger partial charge in [0.25, 0.3) is 0 Å². The van der Waals surface area contributed by atoms with E-state index in [0.717, 1.165) is 30.3 Å². The molecule has 1 aliphatic rings. The van der Waals surface area contributed by atoms with Gasteiger partial charge in [-0.25, -0.2) is 0 Å². The summed E-state index contributed by atoms with van der Waals surface area (Å²) >= 11 is 0. The van der Waals surface area contributed by atoms with Crippen LogP contribution in [0.25, 0.3) is 0 Å². The quantitative estimate of drug-likeness (QED) is 0.866. The van der Waals surface area contributed by atoms with Crippen LogP contribution in [0.1, 0.15) is 32.3 Å². The van der Waals surface area contributed by atoms with Crippen molar-refractivity contribution < 1.29 is 4.79 Å². The average Bonchev–Trinajstić information content (AvgIpc) is 2.95. The molecular formula is C16H25N3O. The van der Waals surface area contributed by atoms with E-state index in [4.69, 9.17) is 5.73 Å². The van der Waals surface area contributed by atoms with Crippen molar-refractivity contribution in [3.8, 4) is 0 Å². The zero-order chi connectivity index (χ0) is 14.5. The highest BCUT2D eigenvalue weighted by molar-refractivity contribution is 5.95. The molecule has 0 aromatic heterocycles. The Balaban J connectivity index is 1.97. The van der Waals surface area contributed by atoms with Gasteiger partial charge in [-0.15, -0.1) is 0 Å². The second-order valence-electron chi connectivity index (χ2n) is 5.58. The van der Waals surface area contributed by atoms with Crippen molar-refractivity contribution >= 4 is 11.6 Å². The lowest BCUT2D eigenvalue weighted by atomic mass is 10.1. The molecule has 2 atom stereocenters. The lowest BCUT2D eigenvalue weighted by Gasteiger charge is -2.24. The number of carbonyl (C=O) groups is 1. The second-order valence-corrected chi connectivity index (χ2v) is 5.58. The maximum absolute atomic E-state index is 12.4. The Hall–Kier alpha value is -1.39. The Kier molecular flexibility index (Phi) is 5.15. The molecule has 1 amide bonds. The fourth-order valence-corrected chi connectivity index (χ4v) is 2.77. The van der Waals surface area contributed by atoms with Gasteiger partial charge in [-0.1, -0.05) is 31.5 Å². The van der Waals surface area contributed by atoms with Gasteiger partial charge < -0.3 is 11.1 Å². The van der Waals surface area contributed by atoms with E-state index in [1.807, 2.05) is 31.2 Å². The van der Waals surface area contributed by atoms with Crippen molar-refractivity contribution in [2.75, 3.05) is 18.4 Å². The molecule has 1 heterocycles. The van der Waals surface area contributed by atoms with E-state index in [9.17, 15) is 4.79 Å². The molecule has 2 rings (SSSR count). The number of amides is 1. The molecule has 20 heavy (non-hydrogen) atoms. The fraction of sp³-hybridized carbons (Fsp3) is 0.562. The molecule has 4 nitrogen and oxygen atoms in total. The molecule has 1 aromatic carbocycles. The van der Waals surface area contributed by atoms with Crippen LogP contribution in [0.3, 0.4) is 0 Å². The minimum atomic E-state index is -0.0858. The maximum Gasteiger partial charge on any atom is 0.241 e. The van der Waals surface area contributed by atoms with Crippen molar-refractivity contribution in [1.29, 1.82) is 0 Å². The number of hydrogen-bond donors (Lipinski definition) is 2. The van der Waals surface area contributed by atoms with Crippen molar-refractivity contribution in [2.45, 2.75) is 39.3 Å². The minimum absolute atomic E-state index is 0.0580. The molecule has 1 aromatic rings. The van der Waals surface area contributed by atoms with E-state index in [-0.39, 0.29) is 11.9 Å². The minimum Gasteiger partial charge on any atom is -0.326 e. The smallest absolute Gasteiger partial charge is 0.241 e. The van der Waals surface area contributed by atoms with Gasteiger partial charge in [0.15, 0.2) is 0 Å². The standard InChI is InChI=1S/C16H25N3O/c1-3-13-8-9-19(11-13)12(2)16(20)18-15-7-5-4-6-14(15)10-17/h4-7,12-13H,3,8-11,17H2,1-2H3,(H,18,20). The largest absolute Gasteiger partial charge is 0.326 e. The Labute approximate surface area is 121 Å². The van der Waals surface area contributed by atoms with Crippen molar-refractivity contribution in [2.24, 2.45) is 11.7 Å². The predicted octanol–water partition coefficient (Wildman–Crippen LogP) is 2.20. The molecule has 3 N–H and O–H groups in total. The predicted molar refractivity (Wildman–Crippen MR) is 82.4 cm³/mol. The van der Waals surface area contributed by atoms with Gasteiger partial charge >= 0.3 is 0 Å². The van der Waals surface area contributed by atoms with Crippen LogP contribution in [0.4, 0.5) is 5.69 Å². The van der Waals surface area contributed by atoms with Gasteiger partial charge in [-0.2, -0.15) is 0 Å². The monoisotopic (exact) mass is 275 g/mol. The fourth-order valence-electron chi connectivity index (χ4n) is 2.77. The van der Waals surface area contributed by atoms with Crippen LogP contribution in [0.2, 0.25) is 0 Å². The number of rotatable bonds is 5. The van der Waals surface area contributed by atoms with Crippen molar-refractivity contribution in [3.63, 3.8) is 0 Å². The van der Waals surface area contributed by atoms with E-state index in [1.165, 1.54) is 12.8 Å². The normalized spacial score (nSPS) is 20.9. The maximum atomic E-state index is 12.4. The lowest BCUT2D eigenvalue weighted by Crippen LogP contribution is -2.40. The number of anilines is 1. The number of benzene rings is 1.